The summed E-state index contributed by atoms with van der Waals surface area (Å²) in [6.45, 7) is 2.03. The average Bonchev–Trinajstić information content (AvgIpc) is 2.32. The van der Waals surface area contributed by atoms with Gasteiger partial charge in [0, 0.05) is 27.2 Å². The van der Waals surface area contributed by atoms with E-state index in [-0.39, 0.29) is 5.82 Å². The molecule has 1 aliphatic rings. The van der Waals surface area contributed by atoms with Crippen molar-refractivity contribution in [2.75, 3.05) is 0 Å². The number of benzene rings is 1. The minimum absolute atomic E-state index is 0.268. The lowest BCUT2D eigenvalue weighted by molar-refractivity contribution is 0.168. The Kier molecular flexibility index (Phi) is 3.24. The highest BCUT2D eigenvalue weighted by Crippen LogP contribution is 2.39. The molecule has 2 atom stereocenters. The number of hydrogen-bond donors (Lipinski definition) is 1. The molecule has 82 valence electrons. The number of aliphatic hydroxyl groups is 1. The Morgan fingerprint density at radius 3 is 3.00 bits per heavy atom. The Bertz CT molecular complexity index is 383. The van der Waals surface area contributed by atoms with Crippen molar-refractivity contribution in [1.29, 1.82) is 0 Å². The molecule has 0 spiro atoms. The molecule has 1 nitrogen and oxygen atoms in total. The van der Waals surface area contributed by atoms with Crippen LogP contribution in [0.1, 0.15) is 30.6 Å². The molecule has 0 aromatic heterocycles. The van der Waals surface area contributed by atoms with Crippen LogP contribution in [-0.4, -0.2) is 10.4 Å². The number of fused-ring (bicyclic) bond motifs is 1. The lowest BCUT2D eigenvalue weighted by Gasteiger charge is -2.14. The van der Waals surface area contributed by atoms with Gasteiger partial charge in [-0.3, -0.25) is 0 Å². The van der Waals surface area contributed by atoms with E-state index in [0.29, 0.717) is 33.6 Å². The van der Waals surface area contributed by atoms with Gasteiger partial charge in [0.05, 0.1) is 6.10 Å². The minimum atomic E-state index is -0.645. The van der Waals surface area contributed by atoms with Crippen LogP contribution in [0, 0.1) is 5.82 Å². The van der Waals surface area contributed by atoms with Crippen molar-refractivity contribution in [3.8, 4) is 0 Å². The fraction of sp³-hybridized carbons (Fsp3) is 0.455. The van der Waals surface area contributed by atoms with Gasteiger partial charge in [0.25, 0.3) is 0 Å². The summed E-state index contributed by atoms with van der Waals surface area (Å²) in [5, 5.41) is 10.7. The molecule has 4 heteroatoms. The lowest BCUT2D eigenvalue weighted by atomic mass is 10.00. The van der Waals surface area contributed by atoms with Crippen molar-refractivity contribution in [1.82, 2.24) is 0 Å². The molecule has 0 bridgehead atoms. The van der Waals surface area contributed by atoms with Gasteiger partial charge in [-0.15, -0.1) is 0 Å². The van der Waals surface area contributed by atoms with E-state index in [1.54, 1.807) is 11.8 Å². The van der Waals surface area contributed by atoms with E-state index in [1.807, 2.05) is 6.92 Å². The van der Waals surface area contributed by atoms with Crippen molar-refractivity contribution in [3.05, 3.63) is 34.1 Å². The van der Waals surface area contributed by atoms with Gasteiger partial charge in [-0.05, 0) is 18.6 Å². The van der Waals surface area contributed by atoms with Gasteiger partial charge in [0.2, 0.25) is 0 Å². The van der Waals surface area contributed by atoms with Crippen LogP contribution < -0.4 is 0 Å². The molecule has 2 rings (SSSR count). The monoisotopic (exact) mass is 246 g/mol. The molecule has 0 saturated heterocycles. The lowest BCUT2D eigenvalue weighted by Crippen LogP contribution is -2.05. The van der Waals surface area contributed by atoms with Crippen LogP contribution in [0.4, 0.5) is 4.39 Å². The molecule has 0 saturated carbocycles. The summed E-state index contributed by atoms with van der Waals surface area (Å²) in [7, 11) is 0. The summed E-state index contributed by atoms with van der Waals surface area (Å²) in [4.78, 5) is 0. The van der Waals surface area contributed by atoms with Gasteiger partial charge < -0.3 is 5.11 Å². The van der Waals surface area contributed by atoms with Gasteiger partial charge in [-0.25, -0.2) is 4.39 Å². The molecule has 1 heterocycles. The number of aliphatic hydroxyl groups excluding tert-OH is 1. The Labute approximate surface area is 97.6 Å². The van der Waals surface area contributed by atoms with Crippen molar-refractivity contribution >= 4 is 23.4 Å². The second-order valence-electron chi connectivity index (χ2n) is 3.79. The van der Waals surface area contributed by atoms with Gasteiger partial charge in [-0.2, -0.15) is 11.8 Å². The Morgan fingerprint density at radius 1 is 1.53 bits per heavy atom. The van der Waals surface area contributed by atoms with E-state index in [1.165, 1.54) is 12.1 Å². The molecule has 0 amide bonds. The van der Waals surface area contributed by atoms with Crippen LogP contribution in [0.3, 0.4) is 0 Å². The molecule has 1 aliphatic heterocycles. The van der Waals surface area contributed by atoms with E-state index in [0.717, 1.165) is 0 Å². The third kappa shape index (κ3) is 2.14. The third-order valence-corrected chi connectivity index (χ3v) is 4.19. The summed E-state index contributed by atoms with van der Waals surface area (Å²) in [5.41, 5.74) is 1.14. The van der Waals surface area contributed by atoms with Gasteiger partial charge in [0.1, 0.15) is 5.82 Å². The average molecular weight is 247 g/mol. The van der Waals surface area contributed by atoms with Crippen molar-refractivity contribution in [2.24, 2.45) is 0 Å². The smallest absolute Gasteiger partial charge is 0.127 e. The number of hydrogen-bond acceptors (Lipinski definition) is 2. The zero-order valence-corrected chi connectivity index (χ0v) is 9.91. The molecular formula is C11H12ClFOS. The Hall–Kier alpha value is -0.250. The fourth-order valence-corrected chi connectivity index (χ4v) is 3.21. The summed E-state index contributed by atoms with van der Waals surface area (Å²) in [6, 6.07) is 2.88. The summed E-state index contributed by atoms with van der Waals surface area (Å²) >= 11 is 7.64. The Morgan fingerprint density at radius 2 is 2.27 bits per heavy atom. The van der Waals surface area contributed by atoms with E-state index >= 15 is 0 Å². The standard InChI is InChI=1S/C11H12ClFOS/c1-6-4-10(14)11-7(5-15-6)9(13)3-2-8(11)12/h2-3,6,10,14H,4-5H2,1H3/t6?,10-/m0/s1. The molecule has 1 aromatic rings. The van der Waals surface area contributed by atoms with Crippen LogP contribution in [0.25, 0.3) is 0 Å². The minimum Gasteiger partial charge on any atom is -0.388 e. The first kappa shape index (κ1) is 11.2. The SMILES string of the molecule is CC1C[C@H](O)c2c(Cl)ccc(F)c2CS1. The number of halogens is 2. The molecule has 0 aliphatic carbocycles. The predicted octanol–water partition coefficient (Wildman–Crippen LogP) is 3.54. The number of thioether (sulfide) groups is 1. The third-order valence-electron chi connectivity index (χ3n) is 2.65. The predicted molar refractivity (Wildman–Crippen MR) is 61.7 cm³/mol. The summed E-state index contributed by atoms with van der Waals surface area (Å²) < 4.78 is 13.5. The van der Waals surface area contributed by atoms with Crippen LogP contribution in [0.5, 0.6) is 0 Å². The number of rotatable bonds is 0. The summed E-state index contributed by atoms with van der Waals surface area (Å²) in [5.74, 6) is 0.315. The first-order valence-electron chi connectivity index (χ1n) is 4.86. The Balaban J connectivity index is 2.52. The molecule has 0 radical (unpaired) electrons. The normalized spacial score (nSPS) is 25.9. The van der Waals surface area contributed by atoms with Crippen molar-refractivity contribution < 1.29 is 9.50 Å². The highest BCUT2D eigenvalue weighted by atomic mass is 35.5. The fourth-order valence-electron chi connectivity index (χ4n) is 1.84. The van der Waals surface area contributed by atoms with E-state index in [9.17, 15) is 9.50 Å². The highest BCUT2D eigenvalue weighted by molar-refractivity contribution is 7.99. The maximum absolute atomic E-state index is 13.5. The zero-order valence-electron chi connectivity index (χ0n) is 8.34. The topological polar surface area (TPSA) is 20.2 Å². The molecule has 1 N–H and O–H groups in total. The van der Waals surface area contributed by atoms with E-state index in [4.69, 9.17) is 11.6 Å². The molecule has 1 unspecified atom stereocenters. The van der Waals surface area contributed by atoms with Crippen LogP contribution in [-0.2, 0) is 5.75 Å². The quantitative estimate of drug-likeness (QED) is 0.756. The maximum Gasteiger partial charge on any atom is 0.127 e. The molecular weight excluding hydrogens is 235 g/mol. The first-order chi connectivity index (χ1) is 7.09. The second kappa shape index (κ2) is 4.32. The molecule has 0 fully saturated rings. The first-order valence-corrected chi connectivity index (χ1v) is 6.28. The van der Waals surface area contributed by atoms with Crippen LogP contribution in [0.2, 0.25) is 5.02 Å². The highest BCUT2D eigenvalue weighted by Gasteiger charge is 2.25. The molecule has 15 heavy (non-hydrogen) atoms. The van der Waals surface area contributed by atoms with Crippen molar-refractivity contribution in [3.63, 3.8) is 0 Å². The largest absolute Gasteiger partial charge is 0.388 e. The van der Waals surface area contributed by atoms with Gasteiger partial charge in [0.15, 0.2) is 0 Å². The van der Waals surface area contributed by atoms with Gasteiger partial charge in [-0.1, -0.05) is 18.5 Å². The zero-order chi connectivity index (χ0) is 11.0. The van der Waals surface area contributed by atoms with E-state index in [2.05, 4.69) is 0 Å². The second-order valence-corrected chi connectivity index (χ2v) is 5.63. The van der Waals surface area contributed by atoms with Crippen molar-refractivity contribution in [2.45, 2.75) is 30.5 Å². The van der Waals surface area contributed by atoms with E-state index < -0.39 is 6.10 Å². The maximum atomic E-state index is 13.5. The van der Waals surface area contributed by atoms with Crippen LogP contribution in [0.15, 0.2) is 12.1 Å². The summed E-state index contributed by atoms with van der Waals surface area (Å²) in [6.07, 6.45) is -0.0194. The molecule has 1 aromatic carbocycles. The van der Waals surface area contributed by atoms with Gasteiger partial charge >= 0.3 is 0 Å². The van der Waals surface area contributed by atoms with Crippen LogP contribution >= 0.6 is 23.4 Å².